The summed E-state index contributed by atoms with van der Waals surface area (Å²) in [5, 5.41) is 53.7. The van der Waals surface area contributed by atoms with Crippen molar-refractivity contribution >= 4 is 19.9 Å². The third-order valence-corrected chi connectivity index (χ3v) is 4.43. The van der Waals surface area contributed by atoms with Gasteiger partial charge in [0, 0.05) is 6.20 Å². The molecule has 0 radical (unpaired) electrons. The number of aldehydes is 1. The van der Waals surface area contributed by atoms with E-state index in [9.17, 15) is 24.4 Å². The number of phosphoric ester groups is 1. The van der Waals surface area contributed by atoms with Gasteiger partial charge in [0.15, 0.2) is 12.5 Å². The molecule has 178 valence electrons. The Bertz CT molecular complexity index is 817. The van der Waals surface area contributed by atoms with E-state index in [1.807, 2.05) is 0 Å². The first-order valence-electron chi connectivity index (χ1n) is 8.49. The molecule has 0 aliphatic carbocycles. The Morgan fingerprint density at radius 3 is 2.39 bits per heavy atom. The van der Waals surface area contributed by atoms with Crippen LogP contribution in [0.5, 0.6) is 0 Å². The van der Waals surface area contributed by atoms with E-state index in [2.05, 4.69) is 9.51 Å². The van der Waals surface area contributed by atoms with Crippen molar-refractivity contribution in [2.24, 2.45) is 0 Å². The highest BCUT2D eigenvalue weighted by Crippen LogP contribution is 2.38. The lowest BCUT2D eigenvalue weighted by Crippen LogP contribution is -2.40. The molecule has 0 saturated carbocycles. The number of aliphatic hydroxyl groups is 6. The molecule has 1 fully saturated rings. The number of nitrogens with zero attached hydrogens (tertiary/aromatic N) is 2. The van der Waals surface area contributed by atoms with E-state index in [0.717, 1.165) is 4.57 Å². The number of carbonyl (C=O) groups excluding carboxylic acids is 1. The maximum Gasteiger partial charge on any atom is 0.469 e. The maximum absolute atomic E-state index is 11.6. The average Bonchev–Trinajstić information content (AvgIpc) is 2.98. The standard InChI is InChI=1S/C9H14N3O8P.C5H10O5/c10-5-1-2-12(9(15)11-5)8-7(14)6(13)4(20-8)3-19-21(16,17)18;6-1-3(8)5(10)4(9)2-7/h1-2,4,6-8,13-14H,3H2,(H2,10,11,15)(H2,16,17,18);1,3-5,7-10H,2H2/t4-,6-,7-,8-;/m1./s1. The fourth-order valence-corrected chi connectivity index (χ4v) is 2.64. The number of hydrogen-bond acceptors (Lipinski definition) is 13. The highest BCUT2D eigenvalue weighted by atomic mass is 31.2. The van der Waals surface area contributed by atoms with Gasteiger partial charge in [-0.2, -0.15) is 4.98 Å². The number of nitrogen functional groups attached to an aromatic ring is 1. The Morgan fingerprint density at radius 1 is 1.29 bits per heavy atom. The molecular weight excluding hydrogens is 449 g/mol. The van der Waals surface area contributed by atoms with Crippen LogP contribution in [0.4, 0.5) is 5.82 Å². The van der Waals surface area contributed by atoms with Gasteiger partial charge >= 0.3 is 13.5 Å². The number of aliphatic hydroxyl groups excluding tert-OH is 6. The Labute approximate surface area is 174 Å². The first kappa shape index (κ1) is 27.2. The minimum Gasteiger partial charge on any atom is -0.394 e. The summed E-state index contributed by atoms with van der Waals surface area (Å²) in [7, 11) is -4.74. The van der Waals surface area contributed by atoms with Gasteiger partial charge in [0.25, 0.3) is 0 Å². The predicted molar refractivity (Wildman–Crippen MR) is 98.0 cm³/mol. The van der Waals surface area contributed by atoms with Crippen LogP contribution in [-0.2, 0) is 18.6 Å². The zero-order chi connectivity index (χ0) is 23.9. The Balaban J connectivity index is 0.000000407. The summed E-state index contributed by atoms with van der Waals surface area (Å²) in [5.41, 5.74) is 4.52. The largest absolute Gasteiger partial charge is 0.469 e. The van der Waals surface area contributed by atoms with Crippen molar-refractivity contribution in [3.8, 4) is 0 Å². The van der Waals surface area contributed by atoms with Gasteiger partial charge in [-0.25, -0.2) is 9.36 Å². The SMILES string of the molecule is Nc1ccn([C@@H]2O[C@H](COP(=O)(O)O)[C@@H](O)[C@H]2O)c(=O)n1.O=CC(O)C(O)C(O)CO. The Morgan fingerprint density at radius 2 is 1.90 bits per heavy atom. The zero-order valence-electron chi connectivity index (χ0n) is 15.7. The first-order valence-corrected chi connectivity index (χ1v) is 10.0. The van der Waals surface area contributed by atoms with Crippen molar-refractivity contribution in [1.82, 2.24) is 9.55 Å². The van der Waals surface area contributed by atoms with Crippen LogP contribution in [-0.4, -0.2) is 106 Å². The summed E-state index contributed by atoms with van der Waals surface area (Å²) in [6.45, 7) is -1.35. The molecule has 1 aromatic rings. The number of phosphoric acid groups is 1. The predicted octanol–water partition coefficient (Wildman–Crippen LogP) is -5.19. The second kappa shape index (κ2) is 11.7. The van der Waals surface area contributed by atoms with Crippen LogP contribution in [0.15, 0.2) is 17.1 Å². The van der Waals surface area contributed by atoms with Gasteiger partial charge < -0.3 is 55.7 Å². The number of carbonyl (C=O) groups is 1. The molecule has 0 spiro atoms. The lowest BCUT2D eigenvalue weighted by molar-refractivity contribution is -0.127. The van der Waals surface area contributed by atoms with E-state index in [4.69, 9.17) is 40.7 Å². The molecule has 2 heterocycles. The lowest BCUT2D eigenvalue weighted by Gasteiger charge is -2.16. The van der Waals surface area contributed by atoms with Crippen molar-refractivity contribution in [3.63, 3.8) is 0 Å². The third-order valence-electron chi connectivity index (χ3n) is 3.94. The van der Waals surface area contributed by atoms with Crippen LogP contribution in [0.2, 0.25) is 0 Å². The molecule has 2 rings (SSSR count). The minimum atomic E-state index is -4.74. The van der Waals surface area contributed by atoms with Crippen molar-refractivity contribution < 1.29 is 59.0 Å². The molecule has 10 N–H and O–H groups in total. The van der Waals surface area contributed by atoms with E-state index >= 15 is 0 Å². The second-order valence-corrected chi connectivity index (χ2v) is 7.48. The van der Waals surface area contributed by atoms with Gasteiger partial charge in [-0.3, -0.25) is 9.09 Å². The van der Waals surface area contributed by atoms with Gasteiger partial charge in [-0.05, 0) is 6.07 Å². The number of anilines is 1. The number of ether oxygens (including phenoxy) is 1. The Kier molecular flexibility index (Phi) is 10.3. The fourth-order valence-electron chi connectivity index (χ4n) is 2.30. The molecule has 1 saturated heterocycles. The molecule has 1 aromatic heterocycles. The number of hydrogen-bond donors (Lipinski definition) is 9. The first-order chi connectivity index (χ1) is 14.3. The molecule has 3 unspecified atom stereocenters. The summed E-state index contributed by atoms with van der Waals surface area (Å²) >= 11 is 0. The van der Waals surface area contributed by atoms with Gasteiger partial charge in [-0.1, -0.05) is 0 Å². The van der Waals surface area contributed by atoms with Gasteiger partial charge in [0.05, 0.1) is 13.2 Å². The molecule has 1 aliphatic heterocycles. The van der Waals surface area contributed by atoms with E-state index in [1.54, 1.807) is 0 Å². The molecule has 0 aromatic carbocycles. The van der Waals surface area contributed by atoms with Crippen molar-refractivity contribution in [3.05, 3.63) is 22.7 Å². The van der Waals surface area contributed by atoms with Crippen molar-refractivity contribution in [1.29, 1.82) is 0 Å². The molecule has 7 atom stereocenters. The molecule has 17 heteroatoms. The summed E-state index contributed by atoms with van der Waals surface area (Å²) in [6, 6.07) is 1.29. The van der Waals surface area contributed by atoms with Crippen molar-refractivity contribution in [2.75, 3.05) is 18.9 Å². The normalized spacial score (nSPS) is 26.5. The van der Waals surface area contributed by atoms with Gasteiger partial charge in [0.2, 0.25) is 0 Å². The van der Waals surface area contributed by atoms with E-state index in [0.29, 0.717) is 0 Å². The lowest BCUT2D eigenvalue weighted by atomic mass is 10.1. The minimum absolute atomic E-state index is 0.0225. The third kappa shape index (κ3) is 7.99. The van der Waals surface area contributed by atoms with Crippen LogP contribution in [0.1, 0.15) is 6.23 Å². The molecule has 0 bridgehead atoms. The van der Waals surface area contributed by atoms with Crippen molar-refractivity contribution in [2.45, 2.75) is 42.9 Å². The maximum atomic E-state index is 11.6. The smallest absolute Gasteiger partial charge is 0.394 e. The molecule has 16 nitrogen and oxygen atoms in total. The van der Waals surface area contributed by atoms with E-state index in [1.165, 1.54) is 12.3 Å². The van der Waals surface area contributed by atoms with E-state index < -0.39 is 69.6 Å². The number of aromatic nitrogens is 2. The van der Waals surface area contributed by atoms with E-state index in [-0.39, 0.29) is 12.1 Å². The molecule has 1 aliphatic rings. The molecular formula is C14H24N3O13P. The van der Waals surface area contributed by atoms with Gasteiger partial charge in [0.1, 0.15) is 42.4 Å². The molecule has 31 heavy (non-hydrogen) atoms. The second-order valence-electron chi connectivity index (χ2n) is 6.24. The highest BCUT2D eigenvalue weighted by molar-refractivity contribution is 7.46. The number of rotatable bonds is 8. The van der Waals surface area contributed by atoms with Crippen LogP contribution < -0.4 is 11.4 Å². The van der Waals surface area contributed by atoms with Crippen LogP contribution in [0.25, 0.3) is 0 Å². The average molecular weight is 473 g/mol. The van der Waals surface area contributed by atoms with Crippen LogP contribution in [0, 0.1) is 0 Å². The van der Waals surface area contributed by atoms with Gasteiger partial charge in [-0.15, -0.1) is 0 Å². The molecule has 0 amide bonds. The summed E-state index contributed by atoms with van der Waals surface area (Å²) < 4.78 is 20.9. The number of nitrogens with two attached hydrogens (primary N) is 1. The van der Waals surface area contributed by atoms with Crippen LogP contribution >= 0.6 is 7.82 Å². The quantitative estimate of drug-likeness (QED) is 0.126. The zero-order valence-corrected chi connectivity index (χ0v) is 16.6. The van der Waals surface area contributed by atoms with Crippen LogP contribution in [0.3, 0.4) is 0 Å². The topological polar surface area (TPSA) is 275 Å². The fraction of sp³-hybridized carbons (Fsp3) is 0.643. The monoisotopic (exact) mass is 473 g/mol. The highest BCUT2D eigenvalue weighted by Gasteiger charge is 2.45. The summed E-state index contributed by atoms with van der Waals surface area (Å²) in [6.07, 6.45) is -8.90. The Hall–Kier alpha value is -1.82. The summed E-state index contributed by atoms with van der Waals surface area (Å²) in [4.78, 5) is 42.1. The summed E-state index contributed by atoms with van der Waals surface area (Å²) in [5.74, 6) is -0.0225.